The van der Waals surface area contributed by atoms with Gasteiger partial charge in [0.1, 0.15) is 0 Å². The quantitative estimate of drug-likeness (QED) is 0.321. The SMILES string of the molecule is CCOc1ccc(C(=O)NCC(=O)Nc2nnc(SCc3ccccc3)s2)cc1OCC. The number of nitrogens with zero attached hydrogens (tertiary/aromatic N) is 2. The van der Waals surface area contributed by atoms with Crippen molar-refractivity contribution in [3.63, 3.8) is 0 Å². The van der Waals surface area contributed by atoms with E-state index in [4.69, 9.17) is 9.47 Å². The lowest BCUT2D eigenvalue weighted by Crippen LogP contribution is -2.32. The highest BCUT2D eigenvalue weighted by Gasteiger charge is 2.14. The lowest BCUT2D eigenvalue weighted by atomic mass is 10.2. The van der Waals surface area contributed by atoms with Crippen LogP contribution in [-0.2, 0) is 10.5 Å². The number of carbonyl (C=O) groups is 2. The van der Waals surface area contributed by atoms with E-state index in [1.165, 1.54) is 16.9 Å². The third kappa shape index (κ3) is 6.96. The van der Waals surface area contributed by atoms with E-state index in [-0.39, 0.29) is 18.4 Å². The molecule has 32 heavy (non-hydrogen) atoms. The van der Waals surface area contributed by atoms with Gasteiger partial charge in [0.2, 0.25) is 11.0 Å². The number of hydrogen-bond donors (Lipinski definition) is 2. The topological polar surface area (TPSA) is 102 Å². The first kappa shape index (κ1) is 23.6. The van der Waals surface area contributed by atoms with E-state index in [2.05, 4.69) is 20.8 Å². The van der Waals surface area contributed by atoms with Gasteiger partial charge in [-0.05, 0) is 37.6 Å². The van der Waals surface area contributed by atoms with Gasteiger partial charge in [-0.25, -0.2) is 0 Å². The van der Waals surface area contributed by atoms with Crippen LogP contribution in [0.5, 0.6) is 11.5 Å². The number of benzene rings is 2. The van der Waals surface area contributed by atoms with E-state index in [0.29, 0.717) is 35.4 Å². The van der Waals surface area contributed by atoms with Gasteiger partial charge in [0, 0.05) is 11.3 Å². The van der Waals surface area contributed by atoms with E-state index in [1.54, 1.807) is 30.0 Å². The zero-order chi connectivity index (χ0) is 22.8. The van der Waals surface area contributed by atoms with Gasteiger partial charge in [-0.2, -0.15) is 0 Å². The lowest BCUT2D eigenvalue weighted by Gasteiger charge is -2.12. The van der Waals surface area contributed by atoms with E-state index >= 15 is 0 Å². The molecule has 0 radical (unpaired) electrons. The standard InChI is InChI=1S/C22H24N4O4S2/c1-3-29-17-11-10-16(12-18(17)30-4-2)20(28)23-13-19(27)24-21-25-26-22(32-21)31-14-15-8-6-5-7-9-15/h5-12H,3-4,13-14H2,1-2H3,(H,23,28)(H,24,25,27). The van der Waals surface area contributed by atoms with Crippen molar-refractivity contribution in [1.29, 1.82) is 0 Å². The summed E-state index contributed by atoms with van der Waals surface area (Å²) in [4.78, 5) is 24.6. The van der Waals surface area contributed by atoms with Gasteiger partial charge in [0.05, 0.1) is 19.8 Å². The number of hydrogen-bond acceptors (Lipinski definition) is 8. The Kier molecular flexibility index (Phi) is 8.88. The van der Waals surface area contributed by atoms with Crippen LogP contribution in [0.25, 0.3) is 0 Å². The summed E-state index contributed by atoms with van der Waals surface area (Å²) < 4.78 is 11.8. The molecule has 0 spiro atoms. The van der Waals surface area contributed by atoms with Gasteiger partial charge in [-0.15, -0.1) is 10.2 Å². The summed E-state index contributed by atoms with van der Waals surface area (Å²) in [5, 5.41) is 13.7. The molecule has 0 bridgehead atoms. The van der Waals surface area contributed by atoms with E-state index in [1.807, 2.05) is 44.2 Å². The fourth-order valence-electron chi connectivity index (χ4n) is 2.66. The molecule has 2 aromatic carbocycles. The second kappa shape index (κ2) is 12.1. The summed E-state index contributed by atoms with van der Waals surface area (Å²) in [6.45, 7) is 4.47. The number of aromatic nitrogens is 2. The molecule has 0 saturated heterocycles. The van der Waals surface area contributed by atoms with Gasteiger partial charge in [-0.1, -0.05) is 53.4 Å². The predicted molar refractivity (Wildman–Crippen MR) is 126 cm³/mol. The van der Waals surface area contributed by atoms with Crippen molar-refractivity contribution in [2.75, 3.05) is 25.1 Å². The first-order chi connectivity index (χ1) is 15.6. The second-order valence-corrected chi connectivity index (χ2v) is 8.61. The van der Waals surface area contributed by atoms with Crippen molar-refractivity contribution in [2.24, 2.45) is 0 Å². The molecule has 3 aromatic rings. The molecule has 0 aliphatic rings. The van der Waals surface area contributed by atoms with E-state index in [0.717, 1.165) is 10.1 Å². The highest BCUT2D eigenvalue weighted by Crippen LogP contribution is 2.29. The Labute approximate surface area is 194 Å². The summed E-state index contributed by atoms with van der Waals surface area (Å²) >= 11 is 2.84. The Morgan fingerprint density at radius 2 is 1.75 bits per heavy atom. The molecular weight excluding hydrogens is 448 g/mol. The Morgan fingerprint density at radius 1 is 1.00 bits per heavy atom. The molecule has 1 heterocycles. The Hall–Kier alpha value is -3.11. The maximum Gasteiger partial charge on any atom is 0.251 e. The molecule has 3 rings (SSSR count). The van der Waals surface area contributed by atoms with Gasteiger partial charge in [0.25, 0.3) is 5.91 Å². The summed E-state index contributed by atoms with van der Waals surface area (Å²) in [7, 11) is 0. The first-order valence-corrected chi connectivity index (χ1v) is 11.9. The van der Waals surface area contributed by atoms with Crippen molar-refractivity contribution in [1.82, 2.24) is 15.5 Å². The van der Waals surface area contributed by atoms with Crippen molar-refractivity contribution in [3.8, 4) is 11.5 Å². The summed E-state index contributed by atoms with van der Waals surface area (Å²) in [5.41, 5.74) is 1.56. The van der Waals surface area contributed by atoms with Crippen LogP contribution in [-0.4, -0.2) is 41.8 Å². The van der Waals surface area contributed by atoms with Gasteiger partial charge >= 0.3 is 0 Å². The van der Waals surface area contributed by atoms with Crippen molar-refractivity contribution >= 4 is 40.0 Å². The zero-order valence-corrected chi connectivity index (χ0v) is 19.4. The second-order valence-electron chi connectivity index (χ2n) is 6.41. The molecule has 0 atom stereocenters. The van der Waals surface area contributed by atoms with Crippen LogP contribution in [0.15, 0.2) is 52.9 Å². The molecule has 0 saturated carbocycles. The van der Waals surface area contributed by atoms with Crippen molar-refractivity contribution in [3.05, 3.63) is 59.7 Å². The molecule has 1 aromatic heterocycles. The summed E-state index contributed by atoms with van der Waals surface area (Å²) in [6.07, 6.45) is 0. The number of ether oxygens (including phenoxy) is 2. The highest BCUT2D eigenvalue weighted by atomic mass is 32.2. The molecule has 2 amide bonds. The molecule has 0 fully saturated rings. The summed E-state index contributed by atoms with van der Waals surface area (Å²) in [5.74, 6) is 1.05. The number of thioether (sulfide) groups is 1. The molecule has 0 aliphatic heterocycles. The predicted octanol–water partition coefficient (Wildman–Crippen LogP) is 4.00. The van der Waals surface area contributed by atoms with Gasteiger partial charge in [-0.3, -0.25) is 14.9 Å². The number of rotatable bonds is 11. The van der Waals surface area contributed by atoms with Crippen molar-refractivity contribution in [2.45, 2.75) is 23.9 Å². The fraction of sp³-hybridized carbons (Fsp3) is 0.273. The Bertz CT molecular complexity index is 1040. The maximum absolute atomic E-state index is 12.4. The van der Waals surface area contributed by atoms with Gasteiger partial charge in [0.15, 0.2) is 15.8 Å². The van der Waals surface area contributed by atoms with Crippen LogP contribution in [0.2, 0.25) is 0 Å². The maximum atomic E-state index is 12.4. The Morgan fingerprint density at radius 3 is 2.50 bits per heavy atom. The van der Waals surface area contributed by atoms with E-state index in [9.17, 15) is 9.59 Å². The number of nitrogens with one attached hydrogen (secondary N) is 2. The minimum Gasteiger partial charge on any atom is -0.490 e. The first-order valence-electron chi connectivity index (χ1n) is 10.1. The monoisotopic (exact) mass is 472 g/mol. The van der Waals surface area contributed by atoms with Crippen LogP contribution in [0.4, 0.5) is 5.13 Å². The average molecular weight is 473 g/mol. The molecule has 2 N–H and O–H groups in total. The van der Waals surface area contributed by atoms with Crippen molar-refractivity contribution < 1.29 is 19.1 Å². The Balaban J connectivity index is 1.49. The van der Waals surface area contributed by atoms with Crippen LogP contribution in [0, 0.1) is 0 Å². The highest BCUT2D eigenvalue weighted by molar-refractivity contribution is 8.00. The van der Waals surface area contributed by atoms with Crippen LogP contribution < -0.4 is 20.1 Å². The molecular formula is C22H24N4O4S2. The molecule has 8 nitrogen and oxygen atoms in total. The fourth-order valence-corrected chi connectivity index (χ4v) is 4.38. The molecule has 0 unspecified atom stereocenters. The van der Waals surface area contributed by atoms with Crippen LogP contribution in [0.3, 0.4) is 0 Å². The number of carbonyl (C=O) groups excluding carboxylic acids is 2. The summed E-state index contributed by atoms with van der Waals surface area (Å²) in [6, 6.07) is 14.9. The minimum absolute atomic E-state index is 0.192. The normalized spacial score (nSPS) is 10.4. The molecule has 0 aliphatic carbocycles. The minimum atomic E-state index is -0.388. The third-order valence-electron chi connectivity index (χ3n) is 4.07. The molecule has 10 heteroatoms. The molecule has 168 valence electrons. The van der Waals surface area contributed by atoms with Crippen LogP contribution in [0.1, 0.15) is 29.8 Å². The smallest absolute Gasteiger partial charge is 0.251 e. The van der Waals surface area contributed by atoms with Gasteiger partial charge < -0.3 is 14.8 Å². The van der Waals surface area contributed by atoms with E-state index < -0.39 is 0 Å². The number of amides is 2. The average Bonchev–Trinajstić information content (AvgIpc) is 3.25. The lowest BCUT2D eigenvalue weighted by molar-refractivity contribution is -0.115. The number of anilines is 1. The zero-order valence-electron chi connectivity index (χ0n) is 17.8. The largest absolute Gasteiger partial charge is 0.490 e. The third-order valence-corrected chi connectivity index (χ3v) is 6.12. The van der Waals surface area contributed by atoms with Crippen LogP contribution >= 0.6 is 23.1 Å².